The van der Waals surface area contributed by atoms with Crippen molar-refractivity contribution in [2.45, 2.75) is 33.1 Å². The van der Waals surface area contributed by atoms with Crippen LogP contribution < -0.4 is 0 Å². The maximum atomic E-state index is 8.69. The minimum absolute atomic E-state index is 0.358. The third kappa shape index (κ3) is 2.53. The molecular formula is C10H14N2S. The van der Waals surface area contributed by atoms with E-state index < -0.39 is 0 Å². The van der Waals surface area contributed by atoms with Crippen LogP contribution in [0.3, 0.4) is 0 Å². The number of nitrogens with zero attached hydrogens (tertiary/aromatic N) is 2. The van der Waals surface area contributed by atoms with Gasteiger partial charge >= 0.3 is 0 Å². The topological polar surface area (TPSA) is 36.7 Å². The van der Waals surface area contributed by atoms with Crippen molar-refractivity contribution in [1.82, 2.24) is 4.98 Å². The van der Waals surface area contributed by atoms with Crippen molar-refractivity contribution in [3.05, 3.63) is 16.1 Å². The van der Waals surface area contributed by atoms with Gasteiger partial charge in [-0.1, -0.05) is 13.8 Å². The third-order valence-electron chi connectivity index (χ3n) is 2.12. The van der Waals surface area contributed by atoms with Crippen molar-refractivity contribution in [3.8, 4) is 6.07 Å². The molecule has 0 aliphatic rings. The molecule has 1 atom stereocenters. The number of hydrogen-bond acceptors (Lipinski definition) is 3. The lowest BCUT2D eigenvalue weighted by atomic mass is 9.92. The molecular weight excluding hydrogens is 180 g/mol. The van der Waals surface area contributed by atoms with E-state index in [1.165, 1.54) is 4.88 Å². The van der Waals surface area contributed by atoms with Crippen LogP contribution in [0.1, 0.15) is 36.1 Å². The van der Waals surface area contributed by atoms with Gasteiger partial charge in [0.15, 0.2) is 0 Å². The Hall–Kier alpha value is -0.880. The summed E-state index contributed by atoms with van der Waals surface area (Å²) >= 11 is 1.70. The first-order valence-electron chi connectivity index (χ1n) is 4.44. The molecule has 1 heterocycles. The number of nitriles is 1. The van der Waals surface area contributed by atoms with E-state index in [2.05, 4.69) is 24.9 Å². The van der Waals surface area contributed by atoms with Gasteiger partial charge in [-0.25, -0.2) is 4.98 Å². The molecule has 0 radical (unpaired) electrons. The summed E-state index contributed by atoms with van der Waals surface area (Å²) in [5.74, 6) is 0.871. The highest BCUT2D eigenvalue weighted by Crippen LogP contribution is 2.31. The molecule has 1 unspecified atom stereocenters. The molecule has 0 amide bonds. The Kier molecular flexibility index (Phi) is 3.44. The Morgan fingerprint density at radius 3 is 2.69 bits per heavy atom. The van der Waals surface area contributed by atoms with E-state index in [-0.39, 0.29) is 0 Å². The molecule has 2 nitrogen and oxygen atoms in total. The van der Waals surface area contributed by atoms with Gasteiger partial charge in [-0.05, 0) is 12.8 Å². The SMILES string of the molecule is Cc1ncc(C(CC#N)C(C)C)s1. The summed E-state index contributed by atoms with van der Waals surface area (Å²) in [4.78, 5) is 5.46. The van der Waals surface area contributed by atoms with Crippen molar-refractivity contribution in [1.29, 1.82) is 5.26 Å². The molecule has 0 spiro atoms. The lowest BCUT2D eigenvalue weighted by molar-refractivity contribution is 0.512. The Morgan fingerprint density at radius 2 is 2.31 bits per heavy atom. The first-order valence-corrected chi connectivity index (χ1v) is 5.26. The molecule has 0 N–H and O–H groups in total. The molecule has 0 aliphatic heterocycles. The maximum Gasteiger partial charge on any atom is 0.0896 e. The van der Waals surface area contributed by atoms with Crippen LogP contribution in [0.15, 0.2) is 6.20 Å². The second-order valence-electron chi connectivity index (χ2n) is 3.49. The van der Waals surface area contributed by atoms with Crippen LogP contribution in [0.4, 0.5) is 0 Å². The van der Waals surface area contributed by atoms with E-state index >= 15 is 0 Å². The third-order valence-corrected chi connectivity index (χ3v) is 3.17. The van der Waals surface area contributed by atoms with Crippen molar-refractivity contribution < 1.29 is 0 Å². The van der Waals surface area contributed by atoms with E-state index in [0.29, 0.717) is 18.3 Å². The molecule has 70 valence electrons. The highest BCUT2D eigenvalue weighted by atomic mass is 32.1. The fraction of sp³-hybridized carbons (Fsp3) is 0.600. The van der Waals surface area contributed by atoms with Gasteiger partial charge in [-0.3, -0.25) is 0 Å². The van der Waals surface area contributed by atoms with Gasteiger partial charge in [-0.2, -0.15) is 5.26 Å². The Morgan fingerprint density at radius 1 is 1.62 bits per heavy atom. The van der Waals surface area contributed by atoms with Crippen LogP contribution >= 0.6 is 11.3 Å². The van der Waals surface area contributed by atoms with E-state index in [1.807, 2.05) is 13.1 Å². The van der Waals surface area contributed by atoms with Gasteiger partial charge in [0, 0.05) is 23.4 Å². The van der Waals surface area contributed by atoms with Crippen molar-refractivity contribution in [2.24, 2.45) is 5.92 Å². The molecule has 1 rings (SSSR count). The first-order chi connectivity index (χ1) is 6.15. The molecule has 1 aromatic heterocycles. The summed E-state index contributed by atoms with van der Waals surface area (Å²) in [6.07, 6.45) is 2.50. The van der Waals surface area contributed by atoms with Crippen molar-refractivity contribution in [3.63, 3.8) is 0 Å². The average Bonchev–Trinajstić information content (AvgIpc) is 2.46. The molecule has 0 bridgehead atoms. The van der Waals surface area contributed by atoms with E-state index in [1.54, 1.807) is 11.3 Å². The summed E-state index contributed by atoms with van der Waals surface area (Å²) < 4.78 is 0. The van der Waals surface area contributed by atoms with Crippen LogP contribution in [0.25, 0.3) is 0 Å². The fourth-order valence-electron chi connectivity index (χ4n) is 1.31. The second-order valence-corrected chi connectivity index (χ2v) is 4.76. The van der Waals surface area contributed by atoms with Crippen molar-refractivity contribution in [2.75, 3.05) is 0 Å². The fourth-order valence-corrected chi connectivity index (χ4v) is 2.37. The summed E-state index contributed by atoms with van der Waals surface area (Å²) in [5.41, 5.74) is 0. The zero-order valence-electron chi connectivity index (χ0n) is 8.24. The summed E-state index contributed by atoms with van der Waals surface area (Å²) in [7, 11) is 0. The maximum absolute atomic E-state index is 8.69. The number of hydrogen-bond donors (Lipinski definition) is 0. The standard InChI is InChI=1S/C10H14N2S/c1-7(2)9(4-5-11)10-6-12-8(3)13-10/h6-7,9H,4H2,1-3H3. The molecule has 3 heteroatoms. The van der Waals surface area contributed by atoms with Gasteiger partial charge in [0.05, 0.1) is 11.1 Å². The van der Waals surface area contributed by atoms with Gasteiger partial charge in [0.2, 0.25) is 0 Å². The van der Waals surface area contributed by atoms with Crippen LogP contribution in [0, 0.1) is 24.2 Å². The van der Waals surface area contributed by atoms with E-state index in [4.69, 9.17) is 5.26 Å². The Labute approximate surface area is 83.2 Å². The molecule has 13 heavy (non-hydrogen) atoms. The van der Waals surface area contributed by atoms with Gasteiger partial charge in [-0.15, -0.1) is 11.3 Å². The zero-order valence-corrected chi connectivity index (χ0v) is 9.06. The predicted molar refractivity (Wildman–Crippen MR) is 54.7 cm³/mol. The van der Waals surface area contributed by atoms with Crippen LogP contribution in [-0.4, -0.2) is 4.98 Å². The number of aryl methyl sites for hydroxylation is 1. The number of aromatic nitrogens is 1. The van der Waals surface area contributed by atoms with Gasteiger partial charge in [0.25, 0.3) is 0 Å². The lowest BCUT2D eigenvalue weighted by Crippen LogP contribution is -2.03. The van der Waals surface area contributed by atoms with Gasteiger partial charge < -0.3 is 0 Å². The Bertz CT molecular complexity index is 309. The number of rotatable bonds is 3. The summed E-state index contributed by atoms with van der Waals surface area (Å²) in [6, 6.07) is 2.24. The molecule has 1 aromatic rings. The van der Waals surface area contributed by atoms with Crippen LogP contribution in [0.2, 0.25) is 0 Å². The highest BCUT2D eigenvalue weighted by molar-refractivity contribution is 7.11. The lowest BCUT2D eigenvalue weighted by Gasteiger charge is -2.14. The second kappa shape index (κ2) is 4.38. The normalized spacial score (nSPS) is 12.8. The quantitative estimate of drug-likeness (QED) is 0.741. The predicted octanol–water partition coefficient (Wildman–Crippen LogP) is 3.10. The number of thiazole rings is 1. The minimum Gasteiger partial charge on any atom is -0.250 e. The molecule has 0 fully saturated rings. The highest BCUT2D eigenvalue weighted by Gasteiger charge is 2.17. The van der Waals surface area contributed by atoms with Crippen LogP contribution in [-0.2, 0) is 0 Å². The summed E-state index contributed by atoms with van der Waals surface area (Å²) in [5, 5.41) is 9.77. The van der Waals surface area contributed by atoms with E-state index in [0.717, 1.165) is 5.01 Å². The van der Waals surface area contributed by atoms with Crippen molar-refractivity contribution >= 4 is 11.3 Å². The molecule has 0 saturated carbocycles. The average molecular weight is 194 g/mol. The molecule has 0 aliphatic carbocycles. The first kappa shape index (κ1) is 10.2. The molecule has 0 aromatic carbocycles. The van der Waals surface area contributed by atoms with Crippen LogP contribution in [0.5, 0.6) is 0 Å². The minimum atomic E-state index is 0.358. The largest absolute Gasteiger partial charge is 0.250 e. The van der Waals surface area contributed by atoms with Gasteiger partial charge in [0.1, 0.15) is 0 Å². The Balaban J connectivity index is 2.83. The summed E-state index contributed by atoms with van der Waals surface area (Å²) in [6.45, 7) is 6.30. The monoisotopic (exact) mass is 194 g/mol. The smallest absolute Gasteiger partial charge is 0.0896 e. The molecule has 0 saturated heterocycles. The zero-order chi connectivity index (χ0) is 9.84. The van der Waals surface area contributed by atoms with E-state index in [9.17, 15) is 0 Å².